The Kier molecular flexibility index (Phi) is 7.78. The smallest absolute Gasteiger partial charge is 0.242 e. The first-order chi connectivity index (χ1) is 10.1. The van der Waals surface area contributed by atoms with Crippen molar-refractivity contribution in [2.45, 2.75) is 6.92 Å². The van der Waals surface area contributed by atoms with E-state index in [1.54, 1.807) is 4.90 Å². The number of nitrogens with one attached hydrogen (secondary N) is 1. The summed E-state index contributed by atoms with van der Waals surface area (Å²) in [7, 11) is 0. The van der Waals surface area contributed by atoms with Crippen LogP contribution in [0.4, 0.5) is 0 Å². The number of hydrogen-bond donors (Lipinski definition) is 2. The Labute approximate surface area is 132 Å². The Hall–Kier alpha value is -1.60. The summed E-state index contributed by atoms with van der Waals surface area (Å²) >= 11 is 3.35. The molecule has 0 fully saturated rings. The second kappa shape index (κ2) is 9.36. The molecule has 1 aromatic rings. The van der Waals surface area contributed by atoms with Crippen LogP contribution in [0.1, 0.15) is 6.92 Å². The van der Waals surface area contributed by atoms with Crippen LogP contribution < -0.4 is 15.8 Å². The quantitative estimate of drug-likeness (QED) is 0.718. The normalized spacial score (nSPS) is 10.0. The number of carbonyl (C=O) groups excluding carboxylic acids is 2. The van der Waals surface area contributed by atoms with Crippen LogP contribution in [0.2, 0.25) is 0 Å². The average Bonchev–Trinajstić information content (AvgIpc) is 2.50. The number of hydrogen-bond acceptors (Lipinski definition) is 4. The predicted molar refractivity (Wildman–Crippen MR) is 84.0 cm³/mol. The average molecular weight is 358 g/mol. The van der Waals surface area contributed by atoms with E-state index in [0.717, 1.165) is 10.2 Å². The lowest BCUT2D eigenvalue weighted by molar-refractivity contribution is -0.132. The molecule has 0 aliphatic carbocycles. The van der Waals surface area contributed by atoms with Crippen LogP contribution >= 0.6 is 15.9 Å². The molecule has 0 unspecified atom stereocenters. The molecule has 21 heavy (non-hydrogen) atoms. The monoisotopic (exact) mass is 357 g/mol. The van der Waals surface area contributed by atoms with Crippen molar-refractivity contribution in [3.05, 3.63) is 28.7 Å². The second-order valence-electron chi connectivity index (χ2n) is 4.26. The second-order valence-corrected chi connectivity index (χ2v) is 5.17. The van der Waals surface area contributed by atoms with Gasteiger partial charge in [0.1, 0.15) is 12.4 Å². The van der Waals surface area contributed by atoms with E-state index < -0.39 is 0 Å². The fourth-order valence-electron chi connectivity index (χ4n) is 1.62. The minimum atomic E-state index is -0.342. The zero-order valence-corrected chi connectivity index (χ0v) is 13.6. The molecule has 0 aliphatic rings. The lowest BCUT2D eigenvalue weighted by Crippen LogP contribution is -2.43. The molecular formula is C14H20BrN3O3. The fraction of sp³-hybridized carbons (Fsp3) is 0.429. The molecule has 0 heterocycles. The van der Waals surface area contributed by atoms with Gasteiger partial charge in [0.25, 0.3) is 0 Å². The molecule has 7 heteroatoms. The Bertz CT molecular complexity index is 465. The van der Waals surface area contributed by atoms with E-state index in [1.165, 1.54) is 0 Å². The van der Waals surface area contributed by atoms with Crippen molar-refractivity contribution >= 4 is 27.7 Å². The lowest BCUT2D eigenvalue weighted by atomic mass is 10.3. The largest absolute Gasteiger partial charge is 0.492 e. The van der Waals surface area contributed by atoms with E-state index in [1.807, 2.05) is 31.2 Å². The summed E-state index contributed by atoms with van der Waals surface area (Å²) in [5.74, 6) is 0.252. The summed E-state index contributed by atoms with van der Waals surface area (Å²) in [6, 6.07) is 7.48. The number of halogens is 1. The van der Waals surface area contributed by atoms with E-state index in [0.29, 0.717) is 19.7 Å². The van der Waals surface area contributed by atoms with Gasteiger partial charge in [-0.25, -0.2) is 0 Å². The number of likely N-dealkylation sites (N-methyl/N-ethyl adjacent to an activating group) is 1. The van der Waals surface area contributed by atoms with Crippen molar-refractivity contribution in [1.29, 1.82) is 0 Å². The Balaban J connectivity index is 2.34. The maximum absolute atomic E-state index is 11.9. The number of carbonyl (C=O) groups is 2. The van der Waals surface area contributed by atoms with Crippen molar-refractivity contribution in [2.24, 2.45) is 5.73 Å². The minimum absolute atomic E-state index is 0.0395. The molecule has 0 bridgehead atoms. The van der Waals surface area contributed by atoms with Crippen LogP contribution in [0, 0.1) is 0 Å². The molecule has 1 aromatic carbocycles. The third kappa shape index (κ3) is 6.59. The van der Waals surface area contributed by atoms with Gasteiger partial charge >= 0.3 is 0 Å². The number of rotatable bonds is 8. The van der Waals surface area contributed by atoms with Gasteiger partial charge in [0.2, 0.25) is 11.8 Å². The van der Waals surface area contributed by atoms with Gasteiger partial charge in [-0.15, -0.1) is 0 Å². The lowest BCUT2D eigenvalue weighted by Gasteiger charge is -2.21. The van der Waals surface area contributed by atoms with Gasteiger partial charge in [-0.1, -0.05) is 15.9 Å². The van der Waals surface area contributed by atoms with Crippen LogP contribution in [0.25, 0.3) is 0 Å². The standard InChI is InChI=1S/C14H20BrN3O3/c1-2-18(14(20)10-17-13(19)9-16)7-8-21-12-5-3-11(15)4-6-12/h3-6H,2,7-10,16H2,1H3,(H,17,19). The molecule has 0 atom stereocenters. The minimum Gasteiger partial charge on any atom is -0.492 e. The molecular weight excluding hydrogens is 338 g/mol. The molecule has 6 nitrogen and oxygen atoms in total. The summed E-state index contributed by atoms with van der Waals surface area (Å²) in [5.41, 5.74) is 5.16. The predicted octanol–water partition coefficient (Wildman–Crippen LogP) is 0.751. The number of amides is 2. The van der Waals surface area contributed by atoms with Crippen molar-refractivity contribution in [2.75, 3.05) is 32.8 Å². The third-order valence-electron chi connectivity index (χ3n) is 2.80. The van der Waals surface area contributed by atoms with E-state index in [2.05, 4.69) is 21.2 Å². The molecule has 0 radical (unpaired) electrons. The number of ether oxygens (including phenoxy) is 1. The molecule has 1 rings (SSSR count). The summed E-state index contributed by atoms with van der Waals surface area (Å²) in [6.45, 7) is 3.13. The topological polar surface area (TPSA) is 84.7 Å². The van der Waals surface area contributed by atoms with Crippen molar-refractivity contribution in [3.63, 3.8) is 0 Å². The summed E-state index contributed by atoms with van der Waals surface area (Å²) in [6.07, 6.45) is 0. The van der Waals surface area contributed by atoms with Gasteiger partial charge in [0.05, 0.1) is 19.6 Å². The first-order valence-corrected chi connectivity index (χ1v) is 7.49. The van der Waals surface area contributed by atoms with E-state index in [4.69, 9.17) is 10.5 Å². The van der Waals surface area contributed by atoms with E-state index in [-0.39, 0.29) is 24.9 Å². The highest BCUT2D eigenvalue weighted by Crippen LogP contribution is 2.15. The highest BCUT2D eigenvalue weighted by molar-refractivity contribution is 9.10. The van der Waals surface area contributed by atoms with Gasteiger partial charge < -0.3 is 20.7 Å². The van der Waals surface area contributed by atoms with Crippen molar-refractivity contribution < 1.29 is 14.3 Å². The van der Waals surface area contributed by atoms with Crippen LogP contribution in [0.5, 0.6) is 5.75 Å². The van der Waals surface area contributed by atoms with Gasteiger partial charge in [-0.3, -0.25) is 9.59 Å². The maximum Gasteiger partial charge on any atom is 0.242 e. The molecule has 2 amide bonds. The van der Waals surface area contributed by atoms with E-state index in [9.17, 15) is 9.59 Å². The Morgan fingerprint density at radius 1 is 1.33 bits per heavy atom. The molecule has 0 saturated heterocycles. The number of nitrogens with two attached hydrogens (primary N) is 1. The summed E-state index contributed by atoms with van der Waals surface area (Å²) < 4.78 is 6.55. The van der Waals surface area contributed by atoms with Gasteiger partial charge in [-0.05, 0) is 31.2 Å². The Morgan fingerprint density at radius 2 is 2.00 bits per heavy atom. The van der Waals surface area contributed by atoms with Crippen LogP contribution in [0.3, 0.4) is 0 Å². The molecule has 0 spiro atoms. The fourth-order valence-corrected chi connectivity index (χ4v) is 1.89. The van der Waals surface area contributed by atoms with Gasteiger partial charge in [0.15, 0.2) is 0 Å². The highest BCUT2D eigenvalue weighted by atomic mass is 79.9. The zero-order chi connectivity index (χ0) is 15.7. The van der Waals surface area contributed by atoms with Gasteiger partial charge in [-0.2, -0.15) is 0 Å². The molecule has 116 valence electrons. The molecule has 0 aromatic heterocycles. The Morgan fingerprint density at radius 3 is 2.57 bits per heavy atom. The number of benzene rings is 1. The summed E-state index contributed by atoms with van der Waals surface area (Å²) in [5, 5.41) is 2.46. The van der Waals surface area contributed by atoms with Crippen LogP contribution in [-0.2, 0) is 9.59 Å². The summed E-state index contributed by atoms with van der Waals surface area (Å²) in [4.78, 5) is 24.5. The van der Waals surface area contributed by atoms with Crippen LogP contribution in [-0.4, -0.2) is 49.5 Å². The van der Waals surface area contributed by atoms with Crippen molar-refractivity contribution in [3.8, 4) is 5.75 Å². The molecule has 0 saturated carbocycles. The number of nitrogens with zero attached hydrogens (tertiary/aromatic N) is 1. The maximum atomic E-state index is 11.9. The third-order valence-corrected chi connectivity index (χ3v) is 3.33. The SMILES string of the molecule is CCN(CCOc1ccc(Br)cc1)C(=O)CNC(=O)CN. The first kappa shape index (κ1) is 17.5. The highest BCUT2D eigenvalue weighted by Gasteiger charge is 2.12. The molecule has 3 N–H and O–H groups in total. The van der Waals surface area contributed by atoms with E-state index >= 15 is 0 Å². The van der Waals surface area contributed by atoms with Crippen LogP contribution in [0.15, 0.2) is 28.7 Å². The zero-order valence-electron chi connectivity index (χ0n) is 12.0. The first-order valence-electron chi connectivity index (χ1n) is 6.69. The molecule has 0 aliphatic heterocycles. The van der Waals surface area contributed by atoms with Gasteiger partial charge in [0, 0.05) is 11.0 Å². The van der Waals surface area contributed by atoms with Crippen molar-refractivity contribution in [1.82, 2.24) is 10.2 Å².